The maximum absolute atomic E-state index is 13.7. The van der Waals surface area contributed by atoms with E-state index in [0.29, 0.717) is 25.5 Å². The van der Waals surface area contributed by atoms with Crippen molar-refractivity contribution in [3.05, 3.63) is 50.1 Å². The van der Waals surface area contributed by atoms with E-state index in [4.69, 9.17) is 4.74 Å². The van der Waals surface area contributed by atoms with E-state index < -0.39 is 0 Å². The highest BCUT2D eigenvalue weighted by Crippen LogP contribution is 2.25. The van der Waals surface area contributed by atoms with Crippen LogP contribution in [0.2, 0.25) is 0 Å². The van der Waals surface area contributed by atoms with Gasteiger partial charge in [0.2, 0.25) is 0 Å². The molecule has 1 aromatic carbocycles. The van der Waals surface area contributed by atoms with Gasteiger partial charge in [-0.3, -0.25) is 9.69 Å². The third-order valence-electron chi connectivity index (χ3n) is 4.08. The number of thiazole rings is 1. The smallest absolute Gasteiger partial charge is 0.272 e. The molecule has 0 spiro atoms. The van der Waals surface area contributed by atoms with Crippen molar-refractivity contribution in [1.29, 1.82) is 0 Å². The van der Waals surface area contributed by atoms with Gasteiger partial charge in [0.05, 0.1) is 24.3 Å². The van der Waals surface area contributed by atoms with Crippen LogP contribution in [0.4, 0.5) is 4.39 Å². The van der Waals surface area contributed by atoms with Gasteiger partial charge in [0, 0.05) is 19.6 Å². The van der Waals surface area contributed by atoms with Crippen LogP contribution >= 0.6 is 27.3 Å². The zero-order chi connectivity index (χ0) is 17.8. The standard InChI is InChI=1S/C17H19BrFN3O2S/c1-11-21-15(16(18)25-11)17(23)20-10-14(22-5-7-24-8-6-22)12-3-2-4-13(19)9-12/h2-4,9,14H,5-8,10H2,1H3,(H,20,23). The molecule has 1 atom stereocenters. The third-order valence-corrected chi connectivity index (χ3v) is 5.70. The van der Waals surface area contributed by atoms with Gasteiger partial charge in [0.1, 0.15) is 9.60 Å². The lowest BCUT2D eigenvalue weighted by Gasteiger charge is -2.34. The fourth-order valence-electron chi connectivity index (χ4n) is 2.88. The van der Waals surface area contributed by atoms with E-state index in [1.165, 1.54) is 23.5 Å². The van der Waals surface area contributed by atoms with Crippen LogP contribution < -0.4 is 5.32 Å². The van der Waals surface area contributed by atoms with Crippen LogP contribution in [-0.2, 0) is 4.74 Å². The van der Waals surface area contributed by atoms with Crippen LogP contribution in [0.3, 0.4) is 0 Å². The van der Waals surface area contributed by atoms with Gasteiger partial charge in [0.15, 0.2) is 5.69 Å². The first-order valence-corrected chi connectivity index (χ1v) is 9.64. The molecule has 1 fully saturated rings. The summed E-state index contributed by atoms with van der Waals surface area (Å²) in [5.41, 5.74) is 1.23. The normalized spacial score (nSPS) is 16.6. The van der Waals surface area contributed by atoms with Crippen LogP contribution in [0, 0.1) is 12.7 Å². The Hall–Kier alpha value is -1.35. The number of aromatic nitrogens is 1. The molecule has 1 aromatic heterocycles. The highest BCUT2D eigenvalue weighted by atomic mass is 79.9. The second kappa shape index (κ2) is 8.35. The fourth-order valence-corrected chi connectivity index (χ4v) is 4.48. The molecule has 0 saturated carbocycles. The summed E-state index contributed by atoms with van der Waals surface area (Å²) in [6.07, 6.45) is 0. The van der Waals surface area contributed by atoms with E-state index in [2.05, 4.69) is 31.1 Å². The molecule has 134 valence electrons. The fraction of sp³-hybridized carbons (Fsp3) is 0.412. The first-order valence-electron chi connectivity index (χ1n) is 8.03. The van der Waals surface area contributed by atoms with Crippen molar-refractivity contribution in [3.63, 3.8) is 0 Å². The molecular weight excluding hydrogens is 409 g/mol. The van der Waals surface area contributed by atoms with Gasteiger partial charge < -0.3 is 10.1 Å². The summed E-state index contributed by atoms with van der Waals surface area (Å²) >= 11 is 4.80. The van der Waals surface area contributed by atoms with Crippen molar-refractivity contribution in [3.8, 4) is 0 Å². The summed E-state index contributed by atoms with van der Waals surface area (Å²) < 4.78 is 19.8. The number of morpholine rings is 1. The van der Waals surface area contributed by atoms with Crippen LogP contribution in [0.1, 0.15) is 27.1 Å². The predicted octanol–water partition coefficient (Wildman–Crippen LogP) is 3.16. The van der Waals surface area contributed by atoms with Crippen molar-refractivity contribution in [2.24, 2.45) is 0 Å². The Kier molecular flexibility index (Phi) is 6.16. The Bertz CT molecular complexity index is 749. The molecule has 1 unspecified atom stereocenters. The van der Waals surface area contributed by atoms with E-state index in [9.17, 15) is 9.18 Å². The average Bonchev–Trinajstić information content (AvgIpc) is 2.94. The first kappa shape index (κ1) is 18.4. The van der Waals surface area contributed by atoms with Crippen LogP contribution in [0.15, 0.2) is 28.1 Å². The molecule has 0 bridgehead atoms. The maximum atomic E-state index is 13.7. The summed E-state index contributed by atoms with van der Waals surface area (Å²) in [4.78, 5) is 18.9. The zero-order valence-corrected chi connectivity index (χ0v) is 16.2. The van der Waals surface area contributed by atoms with Gasteiger partial charge in [0.25, 0.3) is 5.91 Å². The number of aryl methyl sites for hydroxylation is 1. The van der Waals surface area contributed by atoms with E-state index in [1.54, 1.807) is 6.07 Å². The number of nitrogens with one attached hydrogen (secondary N) is 1. The number of benzene rings is 1. The average molecular weight is 428 g/mol. The molecule has 5 nitrogen and oxygen atoms in total. The predicted molar refractivity (Wildman–Crippen MR) is 98.4 cm³/mol. The number of nitrogens with zero attached hydrogens (tertiary/aromatic N) is 2. The Morgan fingerprint density at radius 1 is 1.48 bits per heavy atom. The van der Waals surface area contributed by atoms with Crippen molar-refractivity contribution < 1.29 is 13.9 Å². The van der Waals surface area contributed by atoms with E-state index in [-0.39, 0.29) is 17.8 Å². The molecule has 2 heterocycles. The highest BCUT2D eigenvalue weighted by Gasteiger charge is 2.24. The van der Waals surface area contributed by atoms with Gasteiger partial charge in [-0.15, -0.1) is 11.3 Å². The summed E-state index contributed by atoms with van der Waals surface area (Å²) in [7, 11) is 0. The Morgan fingerprint density at radius 3 is 2.88 bits per heavy atom. The maximum Gasteiger partial charge on any atom is 0.272 e. The number of carbonyl (C=O) groups excluding carboxylic acids is 1. The van der Waals surface area contributed by atoms with Crippen molar-refractivity contribution >= 4 is 33.2 Å². The van der Waals surface area contributed by atoms with Gasteiger partial charge in [-0.2, -0.15) is 0 Å². The van der Waals surface area contributed by atoms with Gasteiger partial charge in [-0.1, -0.05) is 12.1 Å². The lowest BCUT2D eigenvalue weighted by molar-refractivity contribution is 0.0161. The van der Waals surface area contributed by atoms with Crippen molar-refractivity contribution in [1.82, 2.24) is 15.2 Å². The van der Waals surface area contributed by atoms with Crippen LogP contribution in [-0.4, -0.2) is 48.6 Å². The summed E-state index contributed by atoms with van der Waals surface area (Å²) in [5.74, 6) is -0.508. The SMILES string of the molecule is Cc1nc(C(=O)NCC(c2cccc(F)c2)N2CCOCC2)c(Br)s1. The molecule has 1 N–H and O–H groups in total. The number of halogens is 2. The Labute approximate surface area is 158 Å². The van der Waals surface area contributed by atoms with Gasteiger partial charge in [-0.05, 0) is 40.5 Å². The van der Waals surface area contributed by atoms with E-state index in [0.717, 1.165) is 27.4 Å². The largest absolute Gasteiger partial charge is 0.379 e. The van der Waals surface area contributed by atoms with Crippen LogP contribution in [0.5, 0.6) is 0 Å². The summed E-state index contributed by atoms with van der Waals surface area (Å²) in [6.45, 7) is 5.00. The first-order chi connectivity index (χ1) is 12.0. The Balaban J connectivity index is 1.75. The topological polar surface area (TPSA) is 54.5 Å². The quantitative estimate of drug-likeness (QED) is 0.795. The molecule has 1 amide bonds. The lowest BCUT2D eigenvalue weighted by atomic mass is 10.0. The Morgan fingerprint density at radius 2 is 2.24 bits per heavy atom. The molecule has 1 aliphatic heterocycles. The lowest BCUT2D eigenvalue weighted by Crippen LogP contribution is -2.44. The highest BCUT2D eigenvalue weighted by molar-refractivity contribution is 9.11. The zero-order valence-electron chi connectivity index (χ0n) is 13.8. The molecular formula is C17H19BrFN3O2S. The molecule has 8 heteroatoms. The van der Waals surface area contributed by atoms with Crippen LogP contribution in [0.25, 0.3) is 0 Å². The van der Waals surface area contributed by atoms with Gasteiger partial charge in [-0.25, -0.2) is 9.37 Å². The molecule has 3 rings (SSSR count). The minimum Gasteiger partial charge on any atom is -0.379 e. The van der Waals surface area contributed by atoms with Crippen molar-refractivity contribution in [2.75, 3.05) is 32.8 Å². The molecule has 2 aromatic rings. The van der Waals surface area contributed by atoms with Gasteiger partial charge >= 0.3 is 0 Å². The minimum atomic E-state index is -0.278. The second-order valence-electron chi connectivity index (χ2n) is 5.78. The second-order valence-corrected chi connectivity index (χ2v) is 8.31. The molecule has 0 aliphatic carbocycles. The number of amides is 1. The monoisotopic (exact) mass is 427 g/mol. The third kappa shape index (κ3) is 4.63. The van der Waals surface area contributed by atoms with E-state index >= 15 is 0 Å². The van der Waals surface area contributed by atoms with E-state index in [1.807, 2.05) is 13.0 Å². The number of carbonyl (C=O) groups is 1. The molecule has 0 radical (unpaired) electrons. The number of hydrogen-bond donors (Lipinski definition) is 1. The number of ether oxygens (including phenoxy) is 1. The molecule has 1 saturated heterocycles. The molecule has 25 heavy (non-hydrogen) atoms. The summed E-state index contributed by atoms with van der Waals surface area (Å²) in [6, 6.07) is 6.42. The number of rotatable bonds is 5. The summed E-state index contributed by atoms with van der Waals surface area (Å²) in [5, 5.41) is 3.76. The molecule has 1 aliphatic rings. The van der Waals surface area contributed by atoms with Crippen molar-refractivity contribution in [2.45, 2.75) is 13.0 Å². The minimum absolute atomic E-state index is 0.109. The number of hydrogen-bond acceptors (Lipinski definition) is 5.